The fourth-order valence-corrected chi connectivity index (χ4v) is 11.1. The number of amides is 1. The number of carbonyl (C=O) groups excluding carboxylic acids is 8. The van der Waals surface area contributed by atoms with Crippen LogP contribution in [0.5, 0.6) is 0 Å². The number of hydrogen-bond acceptors (Lipinski definition) is 21. The van der Waals surface area contributed by atoms with Crippen molar-refractivity contribution in [1.82, 2.24) is 17.6 Å². The Balaban J connectivity index is 0.00000445. The summed E-state index contributed by atoms with van der Waals surface area (Å²) in [6.45, 7) is 14.3. The Labute approximate surface area is 494 Å². The van der Waals surface area contributed by atoms with E-state index < -0.39 is 143 Å². The summed E-state index contributed by atoms with van der Waals surface area (Å²) in [4.78, 5) is 106. The predicted molar refractivity (Wildman–Crippen MR) is 270 cm³/mol. The van der Waals surface area contributed by atoms with Crippen molar-refractivity contribution in [1.29, 1.82) is 0 Å². The van der Waals surface area contributed by atoms with Gasteiger partial charge in [0.2, 0.25) is 6.10 Å². The Bertz CT molecular complexity index is 2480. The number of halogens is 2. The van der Waals surface area contributed by atoms with Crippen LogP contribution in [0.4, 0.5) is 4.79 Å². The number of carbonyl (C=O) groups is 8. The van der Waals surface area contributed by atoms with Gasteiger partial charge in [-0.15, -0.1) is 0 Å². The minimum atomic E-state index is -2.34. The van der Waals surface area contributed by atoms with Crippen molar-refractivity contribution in [2.45, 2.75) is 173 Å². The molecule has 2 saturated carbocycles. The van der Waals surface area contributed by atoms with Crippen molar-refractivity contribution in [3.05, 3.63) is 82.9 Å². The molecule has 4 aliphatic rings. The normalized spacial score (nSPS) is 26.5. The second-order valence-corrected chi connectivity index (χ2v) is 21.2. The largest absolute Gasteiger partial charge is 4.00 e. The minimum Gasteiger partial charge on any atom is -1.00 e. The van der Waals surface area contributed by atoms with Crippen LogP contribution in [0.2, 0.25) is 0 Å². The zero-order valence-electron chi connectivity index (χ0n) is 47.0. The number of ether oxygens (including phenoxy) is 8. The van der Waals surface area contributed by atoms with Crippen LogP contribution >= 0.6 is 0 Å². The number of Topliss-reactive ketones (excluding diaryl/α,β-unsaturated/α-hetero) is 1. The first-order valence-electron chi connectivity index (χ1n) is 25.1. The van der Waals surface area contributed by atoms with Gasteiger partial charge in [-0.05, 0) is 82.7 Å². The third kappa shape index (κ3) is 16.2. The predicted octanol–water partition coefficient (Wildman–Crippen LogP) is -1.71. The van der Waals surface area contributed by atoms with Crippen molar-refractivity contribution in [2.75, 3.05) is 20.8 Å². The standard InChI is InChI=1S/C49H61NO17.C6H12O2.2ClH.2H3N.Pt/c1-26-30(63-43(57)38(64-34(54)22-21-33(52)53)36(28-17-13-11-14-18-28)50-44(58)67-45(3,4)5)24-49(59)41(65-42(56)29-19-15-12-16-20-29)39-47(8,40(55)37(61-10)35(26)46(49,6)7)31(60-9)23-32-48(39,25-62-32)66-27(2)51;1-2-3-4-5-6(7)8;;;;;/h11-20,30-32,36-39,41,59H,21-25H2,1-10H3,(H,50,58)(H,52,53);2-5H2,1H3,(H,7,8);2*1H;2*1H3;/q;;;;;;+4/p-4/t30-,31-,32+,36-,37+,38+,39?,41-,47+,48-,49+;;;;;;/m0....../s1. The number of carboxylic acids is 2. The minimum absolute atomic E-state index is 0. The first-order valence-corrected chi connectivity index (χ1v) is 25.1. The third-order valence-electron chi connectivity index (χ3n) is 14.8. The summed E-state index contributed by atoms with van der Waals surface area (Å²) in [6, 6.07) is 14.4. The Morgan fingerprint density at radius 2 is 1.43 bits per heavy atom. The van der Waals surface area contributed by atoms with Gasteiger partial charge in [0.25, 0.3) is 0 Å². The number of methoxy groups -OCH3 is 2. The first kappa shape index (κ1) is 75.0. The molecule has 1 aliphatic heterocycles. The molecule has 2 bridgehead atoms. The second kappa shape index (κ2) is 30.9. The summed E-state index contributed by atoms with van der Waals surface area (Å²) in [6.07, 6.45) is -8.51. The molecule has 1 saturated heterocycles. The third-order valence-corrected chi connectivity index (χ3v) is 14.8. The van der Waals surface area contributed by atoms with Crippen molar-refractivity contribution in [2.24, 2.45) is 16.7 Å². The summed E-state index contributed by atoms with van der Waals surface area (Å²) in [5, 5.41) is 37.6. The maximum Gasteiger partial charge on any atom is 4.00 e. The van der Waals surface area contributed by atoms with Crippen molar-refractivity contribution >= 4 is 47.7 Å². The van der Waals surface area contributed by atoms with Crippen LogP contribution in [-0.4, -0.2) is 127 Å². The molecule has 450 valence electrons. The first-order chi connectivity index (χ1) is 35.1. The SMILES string of the molecule is CCCCCC(=O)[O-].CO[C@H]1C(=O)[C@@]2(C)C([C@H](OC(=O)c3ccccc3)[C@]3(O)C[C@H](OC(=O)[C@H](OC(=O)CCC(=O)[O-])[C@@H](NC(=O)OC(C)(C)C)c4ccccc4)C(C)=C1C3(C)C)[C@]1(OC(C)=O)CO[C@@H]1C[C@@H]2OC.N.N.[Cl-].[Cl-].[Pt+4]. The van der Waals surface area contributed by atoms with Gasteiger partial charge < -0.3 is 105 Å². The Morgan fingerprint density at radius 1 is 0.850 bits per heavy atom. The molecule has 22 nitrogen and oxygen atoms in total. The number of alkyl carbamates (subject to hydrolysis) is 1. The van der Waals surface area contributed by atoms with E-state index in [-0.39, 0.29) is 99.9 Å². The van der Waals surface area contributed by atoms with E-state index in [0.29, 0.717) is 0 Å². The molecule has 3 aliphatic carbocycles. The molecule has 0 radical (unpaired) electrons. The van der Waals surface area contributed by atoms with E-state index in [1.807, 2.05) is 6.92 Å². The number of unbranched alkanes of at least 4 members (excludes halogenated alkanes) is 2. The van der Waals surface area contributed by atoms with Gasteiger partial charge in [-0.3, -0.25) is 14.4 Å². The molecular formula is C55H77Cl2N3O19Pt. The topological polar surface area (TPSA) is 359 Å². The summed E-state index contributed by atoms with van der Waals surface area (Å²) < 4.78 is 48.4. The van der Waals surface area contributed by atoms with Crippen LogP contribution in [-0.2, 0) is 87.7 Å². The Kier molecular flexibility index (Phi) is 28.9. The van der Waals surface area contributed by atoms with Crippen LogP contribution < -0.4 is 52.6 Å². The molecule has 1 amide bonds. The van der Waals surface area contributed by atoms with Crippen LogP contribution in [0.25, 0.3) is 0 Å². The molecule has 2 aromatic carbocycles. The van der Waals surface area contributed by atoms with E-state index in [2.05, 4.69) is 5.32 Å². The van der Waals surface area contributed by atoms with E-state index >= 15 is 4.79 Å². The number of aliphatic carboxylic acids is 2. The Hall–Kier alpha value is -5.03. The molecule has 11 atom stereocenters. The molecule has 1 unspecified atom stereocenters. The Morgan fingerprint density at radius 3 is 1.91 bits per heavy atom. The second-order valence-electron chi connectivity index (χ2n) is 21.2. The van der Waals surface area contributed by atoms with Crippen molar-refractivity contribution in [3.63, 3.8) is 0 Å². The maximum absolute atomic E-state index is 15.7. The number of benzene rings is 2. The number of aliphatic hydroxyl groups is 1. The average molecular weight is 1350 g/mol. The molecule has 25 heteroatoms. The average Bonchev–Trinajstić information content (AvgIpc) is 3.33. The summed E-state index contributed by atoms with van der Waals surface area (Å²) >= 11 is 0. The fraction of sp³-hybridized carbons (Fsp3) is 0.600. The molecule has 8 N–H and O–H groups in total. The molecule has 3 fully saturated rings. The molecule has 1 heterocycles. The van der Waals surface area contributed by atoms with E-state index in [1.54, 1.807) is 97.0 Å². The summed E-state index contributed by atoms with van der Waals surface area (Å²) in [5.41, 5.74) is -7.55. The zero-order chi connectivity index (χ0) is 55.8. The zero-order valence-corrected chi connectivity index (χ0v) is 50.8. The molecule has 2 aromatic rings. The smallest absolute Gasteiger partial charge is 1.00 e. The number of rotatable bonds is 18. The van der Waals surface area contributed by atoms with Crippen molar-refractivity contribution in [3.8, 4) is 0 Å². The summed E-state index contributed by atoms with van der Waals surface area (Å²) in [5.74, 6) is -8.51. The number of nitrogens with one attached hydrogen (secondary N) is 1. The number of carboxylic acid groups (broad SMARTS) is 2. The van der Waals surface area contributed by atoms with E-state index in [0.717, 1.165) is 19.3 Å². The summed E-state index contributed by atoms with van der Waals surface area (Å²) in [7, 11) is 2.71. The molecule has 0 spiro atoms. The number of fused-ring (bicyclic) bond motifs is 5. The molecule has 0 aromatic heterocycles. The van der Waals surface area contributed by atoms with Gasteiger partial charge in [-0.2, -0.15) is 0 Å². The number of esters is 4. The van der Waals surface area contributed by atoms with Crippen molar-refractivity contribution < 1.29 is 137 Å². The fourth-order valence-electron chi connectivity index (χ4n) is 11.1. The number of hydrogen-bond donors (Lipinski definition) is 4. The van der Waals surface area contributed by atoms with Crippen LogP contribution in [0.3, 0.4) is 0 Å². The molecular weight excluding hydrogens is 1270 g/mol. The number of ketones is 1. The molecule has 6 rings (SSSR count). The monoisotopic (exact) mass is 1350 g/mol. The quantitative estimate of drug-likeness (QED) is 0.0559. The van der Waals surface area contributed by atoms with Gasteiger partial charge in [0.05, 0.1) is 36.0 Å². The van der Waals surface area contributed by atoms with Gasteiger partial charge in [0.15, 0.2) is 11.4 Å². The van der Waals surface area contributed by atoms with Gasteiger partial charge in [0, 0.05) is 51.3 Å². The maximum atomic E-state index is 15.7. The van der Waals surface area contributed by atoms with Gasteiger partial charge >= 0.3 is 51.0 Å². The van der Waals surface area contributed by atoms with Gasteiger partial charge in [-0.25, -0.2) is 14.4 Å². The van der Waals surface area contributed by atoms with Gasteiger partial charge in [0.1, 0.15) is 41.7 Å². The van der Waals surface area contributed by atoms with Crippen LogP contribution in [0.1, 0.15) is 136 Å². The van der Waals surface area contributed by atoms with Crippen LogP contribution in [0, 0.1) is 16.7 Å². The van der Waals surface area contributed by atoms with E-state index in [1.165, 1.54) is 33.3 Å². The van der Waals surface area contributed by atoms with Crippen LogP contribution in [0.15, 0.2) is 71.8 Å². The van der Waals surface area contributed by atoms with Gasteiger partial charge in [-0.1, -0.05) is 82.1 Å². The van der Waals surface area contributed by atoms with E-state index in [9.17, 15) is 48.9 Å². The molecule has 80 heavy (non-hydrogen) atoms. The van der Waals surface area contributed by atoms with E-state index in [4.69, 9.17) is 37.9 Å².